The van der Waals surface area contributed by atoms with E-state index in [9.17, 15) is 4.79 Å². The number of hydrogen-bond acceptors (Lipinski definition) is 2. The van der Waals surface area contributed by atoms with Crippen LogP contribution in [0.25, 0.3) is 0 Å². The van der Waals surface area contributed by atoms with Gasteiger partial charge in [0.2, 0.25) is 0 Å². The zero-order chi connectivity index (χ0) is 11.3. The van der Waals surface area contributed by atoms with Crippen molar-refractivity contribution in [2.45, 2.75) is 13.0 Å². The zero-order valence-corrected chi connectivity index (χ0v) is 9.21. The summed E-state index contributed by atoms with van der Waals surface area (Å²) in [6, 6.07) is 6.67. The van der Waals surface area contributed by atoms with Gasteiger partial charge >= 0.3 is 6.03 Å². The molecule has 0 saturated carbocycles. The maximum absolute atomic E-state index is 11.3. The predicted octanol–water partition coefficient (Wildman–Crippen LogP) is 1.81. The van der Waals surface area contributed by atoms with E-state index in [1.807, 2.05) is 6.92 Å². The summed E-state index contributed by atoms with van der Waals surface area (Å²) in [5.41, 5.74) is 6.08. The number of amides is 2. The molecule has 0 heterocycles. The number of nitrogens with two attached hydrogens (primary N) is 1. The molecule has 0 aliphatic heterocycles. The highest BCUT2D eigenvalue weighted by molar-refractivity contribution is 6.33. The second-order valence-electron chi connectivity index (χ2n) is 3.29. The van der Waals surface area contributed by atoms with Crippen molar-refractivity contribution in [1.82, 2.24) is 5.32 Å². The Morgan fingerprint density at radius 3 is 2.80 bits per heavy atom. The number of anilines is 1. The van der Waals surface area contributed by atoms with Gasteiger partial charge in [0, 0.05) is 12.6 Å². The van der Waals surface area contributed by atoms with E-state index >= 15 is 0 Å². The van der Waals surface area contributed by atoms with Crippen LogP contribution < -0.4 is 16.4 Å². The molecule has 15 heavy (non-hydrogen) atoms. The van der Waals surface area contributed by atoms with Crippen LogP contribution in [0.3, 0.4) is 0 Å². The maximum Gasteiger partial charge on any atom is 0.319 e. The lowest BCUT2D eigenvalue weighted by Gasteiger charge is -2.10. The lowest BCUT2D eigenvalue weighted by Crippen LogP contribution is -2.37. The molecular formula is C10H14ClN3O. The fourth-order valence-corrected chi connectivity index (χ4v) is 1.17. The number of urea groups is 1. The fourth-order valence-electron chi connectivity index (χ4n) is 0.983. The van der Waals surface area contributed by atoms with Gasteiger partial charge in [0.25, 0.3) is 0 Å². The van der Waals surface area contributed by atoms with Gasteiger partial charge < -0.3 is 16.4 Å². The third kappa shape index (κ3) is 4.18. The molecular weight excluding hydrogens is 214 g/mol. The average Bonchev–Trinajstić information content (AvgIpc) is 2.18. The topological polar surface area (TPSA) is 67.1 Å². The van der Waals surface area contributed by atoms with Crippen LogP contribution in [0.5, 0.6) is 0 Å². The van der Waals surface area contributed by atoms with Crippen LogP contribution in [0.1, 0.15) is 6.92 Å². The Bertz CT molecular complexity index is 341. The molecule has 0 spiro atoms. The molecule has 0 saturated heterocycles. The summed E-state index contributed by atoms with van der Waals surface area (Å²) in [4.78, 5) is 11.3. The Labute approximate surface area is 93.8 Å². The van der Waals surface area contributed by atoms with Gasteiger partial charge in [-0.25, -0.2) is 4.79 Å². The first-order chi connectivity index (χ1) is 7.09. The highest BCUT2D eigenvalue weighted by Gasteiger charge is 2.04. The van der Waals surface area contributed by atoms with Crippen LogP contribution >= 0.6 is 11.6 Å². The third-order valence-electron chi connectivity index (χ3n) is 1.71. The summed E-state index contributed by atoms with van der Waals surface area (Å²) in [7, 11) is 0. The largest absolute Gasteiger partial charge is 0.336 e. The molecule has 1 aromatic carbocycles. The Kier molecular flexibility index (Phi) is 4.39. The molecule has 1 aromatic rings. The van der Waals surface area contributed by atoms with Crippen LogP contribution in [0.4, 0.5) is 10.5 Å². The summed E-state index contributed by atoms with van der Waals surface area (Å²) in [6.07, 6.45) is 0. The van der Waals surface area contributed by atoms with Gasteiger partial charge in [0.1, 0.15) is 0 Å². The minimum Gasteiger partial charge on any atom is -0.336 e. The van der Waals surface area contributed by atoms with Gasteiger partial charge in [-0.15, -0.1) is 0 Å². The van der Waals surface area contributed by atoms with E-state index in [1.165, 1.54) is 0 Å². The normalized spacial score (nSPS) is 11.9. The van der Waals surface area contributed by atoms with Gasteiger partial charge in [-0.2, -0.15) is 0 Å². The first-order valence-corrected chi connectivity index (χ1v) is 5.02. The van der Waals surface area contributed by atoms with Gasteiger partial charge in [-0.1, -0.05) is 23.7 Å². The fraction of sp³-hybridized carbons (Fsp3) is 0.300. The van der Waals surface area contributed by atoms with Crippen molar-refractivity contribution in [2.24, 2.45) is 5.73 Å². The lowest BCUT2D eigenvalue weighted by atomic mass is 10.3. The Balaban J connectivity index is 2.48. The number of halogens is 1. The van der Waals surface area contributed by atoms with Crippen molar-refractivity contribution < 1.29 is 4.79 Å². The number of carbonyl (C=O) groups excluding carboxylic acids is 1. The van der Waals surface area contributed by atoms with E-state index in [1.54, 1.807) is 24.3 Å². The number of benzene rings is 1. The van der Waals surface area contributed by atoms with Crippen LogP contribution in [0.2, 0.25) is 5.02 Å². The molecule has 0 bridgehead atoms. The molecule has 1 rings (SSSR count). The predicted molar refractivity (Wildman–Crippen MR) is 62.1 cm³/mol. The van der Waals surface area contributed by atoms with Crippen molar-refractivity contribution in [1.29, 1.82) is 0 Å². The minimum atomic E-state index is -0.305. The highest BCUT2D eigenvalue weighted by atomic mass is 35.5. The number of para-hydroxylation sites is 1. The Hall–Kier alpha value is -1.26. The van der Waals surface area contributed by atoms with Crippen LogP contribution in [-0.4, -0.2) is 18.6 Å². The second kappa shape index (κ2) is 5.58. The van der Waals surface area contributed by atoms with Crippen molar-refractivity contribution in [2.75, 3.05) is 11.9 Å². The molecule has 1 atom stereocenters. The summed E-state index contributed by atoms with van der Waals surface area (Å²) < 4.78 is 0. The first kappa shape index (κ1) is 11.8. The number of rotatable bonds is 3. The molecule has 4 nitrogen and oxygen atoms in total. The van der Waals surface area contributed by atoms with E-state index in [-0.39, 0.29) is 12.1 Å². The summed E-state index contributed by atoms with van der Waals surface area (Å²) in [6.45, 7) is 2.24. The summed E-state index contributed by atoms with van der Waals surface area (Å²) in [5, 5.41) is 5.76. The molecule has 1 unspecified atom stereocenters. The molecule has 2 amide bonds. The molecule has 82 valence electrons. The van der Waals surface area contributed by atoms with E-state index < -0.39 is 0 Å². The van der Waals surface area contributed by atoms with Crippen LogP contribution in [0, 0.1) is 0 Å². The number of hydrogen-bond donors (Lipinski definition) is 3. The smallest absolute Gasteiger partial charge is 0.319 e. The van der Waals surface area contributed by atoms with Crippen molar-refractivity contribution in [3.05, 3.63) is 29.3 Å². The van der Waals surface area contributed by atoms with E-state index in [2.05, 4.69) is 10.6 Å². The molecule has 0 fully saturated rings. The van der Waals surface area contributed by atoms with Gasteiger partial charge in [-0.3, -0.25) is 0 Å². The number of carbonyl (C=O) groups is 1. The monoisotopic (exact) mass is 227 g/mol. The highest BCUT2D eigenvalue weighted by Crippen LogP contribution is 2.19. The molecule has 0 aromatic heterocycles. The quantitative estimate of drug-likeness (QED) is 0.737. The summed E-state index contributed by atoms with van der Waals surface area (Å²) in [5.74, 6) is 0. The van der Waals surface area contributed by atoms with E-state index in [0.717, 1.165) is 0 Å². The second-order valence-corrected chi connectivity index (χ2v) is 3.70. The Morgan fingerprint density at radius 2 is 2.20 bits per heavy atom. The average molecular weight is 228 g/mol. The SMILES string of the molecule is CC(N)CNC(=O)Nc1ccccc1Cl. The standard InChI is InChI=1S/C10H14ClN3O/c1-7(12)6-13-10(15)14-9-5-3-2-4-8(9)11/h2-5,7H,6,12H2,1H3,(H2,13,14,15). The minimum absolute atomic E-state index is 0.0676. The van der Waals surface area contributed by atoms with Crippen molar-refractivity contribution in [3.63, 3.8) is 0 Å². The Morgan fingerprint density at radius 1 is 1.53 bits per heavy atom. The summed E-state index contributed by atoms with van der Waals surface area (Å²) >= 11 is 5.86. The first-order valence-electron chi connectivity index (χ1n) is 4.64. The number of nitrogens with one attached hydrogen (secondary N) is 2. The lowest BCUT2D eigenvalue weighted by molar-refractivity contribution is 0.251. The van der Waals surface area contributed by atoms with Crippen molar-refractivity contribution in [3.8, 4) is 0 Å². The maximum atomic E-state index is 11.3. The van der Waals surface area contributed by atoms with Crippen LogP contribution in [0.15, 0.2) is 24.3 Å². The van der Waals surface area contributed by atoms with E-state index in [4.69, 9.17) is 17.3 Å². The van der Waals surface area contributed by atoms with Crippen LogP contribution in [-0.2, 0) is 0 Å². The van der Waals surface area contributed by atoms with E-state index in [0.29, 0.717) is 17.3 Å². The van der Waals surface area contributed by atoms with Gasteiger partial charge in [0.15, 0.2) is 0 Å². The molecule has 0 aliphatic rings. The molecule has 4 N–H and O–H groups in total. The molecule has 0 radical (unpaired) electrons. The van der Waals surface area contributed by atoms with Gasteiger partial charge in [0.05, 0.1) is 10.7 Å². The molecule has 5 heteroatoms. The van der Waals surface area contributed by atoms with Crippen molar-refractivity contribution >= 4 is 23.3 Å². The zero-order valence-electron chi connectivity index (χ0n) is 8.46. The third-order valence-corrected chi connectivity index (χ3v) is 2.04. The molecule has 0 aliphatic carbocycles. The van der Waals surface area contributed by atoms with Gasteiger partial charge in [-0.05, 0) is 19.1 Å².